The first-order valence-corrected chi connectivity index (χ1v) is 5.79. The van der Waals surface area contributed by atoms with Crippen LogP contribution in [-0.2, 0) is 0 Å². The van der Waals surface area contributed by atoms with E-state index in [1.54, 1.807) is 0 Å². The van der Waals surface area contributed by atoms with Gasteiger partial charge in [-0.3, -0.25) is 0 Å². The molecule has 1 aliphatic heterocycles. The largest absolute Gasteiger partial charge is 0.369 e. The van der Waals surface area contributed by atoms with Crippen LogP contribution in [0.1, 0.15) is 20.8 Å². The predicted molar refractivity (Wildman–Crippen MR) is 68.9 cm³/mol. The fraction of sp³-hybridized carbons (Fsp3) is 0.538. The number of hydrogen-bond donors (Lipinski definition) is 1. The summed E-state index contributed by atoms with van der Waals surface area (Å²) in [4.78, 5) is 2.37. The molecular formula is C13H24N2. The van der Waals surface area contributed by atoms with Gasteiger partial charge in [-0.2, -0.15) is 0 Å². The molecule has 0 aliphatic carbocycles. The van der Waals surface area contributed by atoms with E-state index >= 15 is 0 Å². The first kappa shape index (κ1) is 14.0. The second kappa shape index (κ2) is 9.53. The Morgan fingerprint density at radius 2 is 1.87 bits per heavy atom. The van der Waals surface area contributed by atoms with Crippen molar-refractivity contribution in [3.63, 3.8) is 0 Å². The van der Waals surface area contributed by atoms with E-state index in [1.807, 2.05) is 26.8 Å². The Bertz CT molecular complexity index is 211. The zero-order valence-corrected chi connectivity index (χ0v) is 10.3. The van der Waals surface area contributed by atoms with Gasteiger partial charge in [-0.1, -0.05) is 32.6 Å². The Labute approximate surface area is 94.4 Å². The summed E-state index contributed by atoms with van der Waals surface area (Å²) < 4.78 is 0. The van der Waals surface area contributed by atoms with E-state index < -0.39 is 0 Å². The highest BCUT2D eigenvalue weighted by atomic mass is 15.2. The minimum Gasteiger partial charge on any atom is -0.369 e. The van der Waals surface area contributed by atoms with Gasteiger partial charge in [0.25, 0.3) is 0 Å². The van der Waals surface area contributed by atoms with E-state index in [1.165, 1.54) is 5.70 Å². The van der Waals surface area contributed by atoms with Crippen LogP contribution in [0, 0.1) is 0 Å². The molecule has 2 heteroatoms. The van der Waals surface area contributed by atoms with Gasteiger partial charge in [0.2, 0.25) is 0 Å². The van der Waals surface area contributed by atoms with Gasteiger partial charge in [-0.05, 0) is 19.1 Å². The minimum atomic E-state index is 1.08. The predicted octanol–water partition coefficient (Wildman–Crippen LogP) is 2.56. The summed E-state index contributed by atoms with van der Waals surface area (Å²) >= 11 is 0. The van der Waals surface area contributed by atoms with Crippen molar-refractivity contribution in [2.24, 2.45) is 0 Å². The topological polar surface area (TPSA) is 15.3 Å². The molecule has 1 fully saturated rings. The van der Waals surface area contributed by atoms with Gasteiger partial charge in [-0.15, -0.1) is 0 Å². The lowest BCUT2D eigenvalue weighted by molar-refractivity contribution is 0.307. The van der Waals surface area contributed by atoms with Gasteiger partial charge in [0.1, 0.15) is 0 Å². The molecule has 1 rings (SSSR count). The summed E-state index contributed by atoms with van der Waals surface area (Å²) in [5.74, 6) is 0. The normalized spacial score (nSPS) is 17.3. The molecule has 0 aromatic rings. The lowest BCUT2D eigenvalue weighted by Crippen LogP contribution is -2.42. The summed E-state index contributed by atoms with van der Waals surface area (Å²) in [5.41, 5.74) is 1.26. The van der Waals surface area contributed by atoms with Crippen molar-refractivity contribution in [3.8, 4) is 0 Å². The monoisotopic (exact) mass is 208 g/mol. The van der Waals surface area contributed by atoms with Crippen molar-refractivity contribution in [1.29, 1.82) is 0 Å². The lowest BCUT2D eigenvalue weighted by Gasteiger charge is -2.30. The third-order valence-electron chi connectivity index (χ3n) is 2.11. The number of hydrogen-bond acceptors (Lipinski definition) is 2. The van der Waals surface area contributed by atoms with E-state index in [0.29, 0.717) is 0 Å². The van der Waals surface area contributed by atoms with Gasteiger partial charge >= 0.3 is 0 Å². The van der Waals surface area contributed by atoms with Crippen LogP contribution < -0.4 is 5.32 Å². The average molecular weight is 208 g/mol. The zero-order chi connectivity index (χ0) is 11.5. The van der Waals surface area contributed by atoms with E-state index in [-0.39, 0.29) is 0 Å². The van der Waals surface area contributed by atoms with Crippen LogP contribution >= 0.6 is 0 Å². The van der Waals surface area contributed by atoms with Crippen molar-refractivity contribution >= 4 is 0 Å². The number of nitrogens with zero attached hydrogens (tertiary/aromatic N) is 1. The fourth-order valence-corrected chi connectivity index (χ4v) is 1.48. The maximum atomic E-state index is 3.73. The van der Waals surface area contributed by atoms with Crippen molar-refractivity contribution in [2.75, 3.05) is 26.2 Å². The van der Waals surface area contributed by atoms with Gasteiger partial charge in [0, 0.05) is 31.9 Å². The molecule has 0 aromatic carbocycles. The zero-order valence-electron chi connectivity index (χ0n) is 10.3. The molecule has 86 valence electrons. The Hall–Kier alpha value is -1.02. The van der Waals surface area contributed by atoms with Crippen LogP contribution in [0.25, 0.3) is 0 Å². The standard InChI is InChI=1S/C11H18N2.C2H6/c1-3-5-11(6-4-2)13-9-7-12-8-10-13;1-2/h3-6,12H,1,7-10H2,2H3;1-2H3/b6-4-,11-5+;. The Balaban J connectivity index is 0.000000921. The van der Waals surface area contributed by atoms with Gasteiger partial charge in [-0.25, -0.2) is 0 Å². The molecule has 1 heterocycles. The lowest BCUT2D eigenvalue weighted by atomic mass is 10.2. The van der Waals surface area contributed by atoms with Crippen LogP contribution in [0.3, 0.4) is 0 Å². The van der Waals surface area contributed by atoms with E-state index in [9.17, 15) is 0 Å². The molecule has 0 spiro atoms. The van der Waals surface area contributed by atoms with E-state index in [4.69, 9.17) is 0 Å². The van der Waals surface area contributed by atoms with Crippen molar-refractivity contribution in [1.82, 2.24) is 10.2 Å². The molecule has 0 bridgehead atoms. The maximum Gasteiger partial charge on any atom is 0.0363 e. The molecule has 1 saturated heterocycles. The summed E-state index contributed by atoms with van der Waals surface area (Å²) in [6, 6.07) is 0. The Kier molecular flexibility index (Phi) is 8.88. The fourth-order valence-electron chi connectivity index (χ4n) is 1.48. The average Bonchev–Trinajstić information content (AvgIpc) is 2.33. The highest BCUT2D eigenvalue weighted by Gasteiger charge is 2.09. The highest BCUT2D eigenvalue weighted by Crippen LogP contribution is 2.07. The molecule has 0 unspecified atom stereocenters. The smallest absolute Gasteiger partial charge is 0.0363 e. The van der Waals surface area contributed by atoms with Gasteiger partial charge in [0.15, 0.2) is 0 Å². The minimum absolute atomic E-state index is 1.08. The molecule has 0 saturated carbocycles. The summed E-state index contributed by atoms with van der Waals surface area (Å²) in [6.45, 7) is 14.1. The number of rotatable bonds is 3. The van der Waals surface area contributed by atoms with Crippen LogP contribution in [0.15, 0.2) is 36.6 Å². The second-order valence-corrected chi connectivity index (χ2v) is 3.06. The Morgan fingerprint density at radius 3 is 2.33 bits per heavy atom. The second-order valence-electron chi connectivity index (χ2n) is 3.06. The van der Waals surface area contributed by atoms with Gasteiger partial charge in [0.05, 0.1) is 0 Å². The number of allylic oxidation sites excluding steroid dienone is 4. The highest BCUT2D eigenvalue weighted by molar-refractivity contribution is 5.22. The third kappa shape index (κ3) is 5.43. The molecule has 1 N–H and O–H groups in total. The van der Waals surface area contributed by atoms with Crippen molar-refractivity contribution < 1.29 is 0 Å². The third-order valence-corrected chi connectivity index (χ3v) is 2.11. The maximum absolute atomic E-state index is 3.73. The van der Waals surface area contributed by atoms with E-state index in [0.717, 1.165) is 26.2 Å². The quantitative estimate of drug-likeness (QED) is 0.717. The summed E-state index contributed by atoms with van der Waals surface area (Å²) in [5, 5.41) is 3.33. The molecule has 1 aliphatic rings. The summed E-state index contributed by atoms with van der Waals surface area (Å²) in [7, 11) is 0. The van der Waals surface area contributed by atoms with Crippen LogP contribution in [0.4, 0.5) is 0 Å². The van der Waals surface area contributed by atoms with Gasteiger partial charge < -0.3 is 10.2 Å². The molecule has 2 nitrogen and oxygen atoms in total. The Morgan fingerprint density at radius 1 is 1.27 bits per heavy atom. The van der Waals surface area contributed by atoms with E-state index in [2.05, 4.69) is 35.0 Å². The molecule has 0 radical (unpaired) electrons. The summed E-state index contributed by atoms with van der Waals surface area (Å²) in [6.07, 6.45) is 8.10. The SMILES string of the molecule is C=C/C=C(\C=C/C)N1CCNCC1.CC. The molecule has 0 amide bonds. The first-order valence-electron chi connectivity index (χ1n) is 5.79. The first-order chi connectivity index (χ1) is 7.38. The molecule has 0 aromatic heterocycles. The van der Waals surface area contributed by atoms with Crippen molar-refractivity contribution in [2.45, 2.75) is 20.8 Å². The van der Waals surface area contributed by atoms with Crippen molar-refractivity contribution in [3.05, 3.63) is 36.6 Å². The molecule has 15 heavy (non-hydrogen) atoms. The van der Waals surface area contributed by atoms with Crippen LogP contribution in [0.5, 0.6) is 0 Å². The number of nitrogens with one attached hydrogen (secondary N) is 1. The number of piperazine rings is 1. The van der Waals surface area contributed by atoms with Crippen LogP contribution in [-0.4, -0.2) is 31.1 Å². The molecular weight excluding hydrogens is 184 g/mol. The van der Waals surface area contributed by atoms with Crippen LogP contribution in [0.2, 0.25) is 0 Å². The molecule has 0 atom stereocenters.